The van der Waals surface area contributed by atoms with Crippen molar-refractivity contribution in [1.29, 1.82) is 0 Å². The number of benzene rings is 4. The Hall–Kier alpha value is -4.30. The van der Waals surface area contributed by atoms with Gasteiger partial charge in [-0.2, -0.15) is 0 Å². The van der Waals surface area contributed by atoms with Crippen LogP contribution in [-0.2, 0) is 17.6 Å². The number of nitrogens with one attached hydrogen (secondary N) is 1. The second-order valence-electron chi connectivity index (χ2n) is 9.02. The fourth-order valence-corrected chi connectivity index (χ4v) is 4.50. The van der Waals surface area contributed by atoms with Gasteiger partial charge in [0.1, 0.15) is 5.75 Å². The van der Waals surface area contributed by atoms with Gasteiger partial charge >= 0.3 is 12.3 Å². The van der Waals surface area contributed by atoms with Crippen LogP contribution in [0.1, 0.15) is 27.9 Å². The van der Waals surface area contributed by atoms with E-state index in [1.165, 1.54) is 12.1 Å². The van der Waals surface area contributed by atoms with Crippen molar-refractivity contribution in [3.63, 3.8) is 0 Å². The van der Waals surface area contributed by atoms with Gasteiger partial charge in [-0.15, -0.1) is 13.2 Å². The summed E-state index contributed by atoms with van der Waals surface area (Å²) in [4.78, 5) is 22.9. The van der Waals surface area contributed by atoms with Gasteiger partial charge in [-0.1, -0.05) is 72.3 Å². The second kappa shape index (κ2) is 12.7. The van der Waals surface area contributed by atoms with Crippen molar-refractivity contribution in [3.05, 3.63) is 113 Å². The lowest BCUT2D eigenvalue weighted by Crippen LogP contribution is -2.25. The van der Waals surface area contributed by atoms with Crippen LogP contribution in [0.3, 0.4) is 0 Å². The van der Waals surface area contributed by atoms with E-state index in [1.807, 2.05) is 54.6 Å². The largest absolute Gasteiger partial charge is 0.573 e. The van der Waals surface area contributed by atoms with E-state index < -0.39 is 12.3 Å². The van der Waals surface area contributed by atoms with E-state index in [-0.39, 0.29) is 24.6 Å². The van der Waals surface area contributed by atoms with Gasteiger partial charge in [0.05, 0.1) is 6.42 Å². The first-order chi connectivity index (χ1) is 19.1. The first kappa shape index (κ1) is 28.7. The summed E-state index contributed by atoms with van der Waals surface area (Å²) in [6.45, 7) is 0.0508. The van der Waals surface area contributed by atoms with Crippen molar-refractivity contribution in [3.8, 4) is 28.0 Å². The van der Waals surface area contributed by atoms with Gasteiger partial charge in [0.15, 0.2) is 0 Å². The van der Waals surface area contributed by atoms with Crippen LogP contribution in [0.15, 0.2) is 91.0 Å². The van der Waals surface area contributed by atoms with Crippen LogP contribution < -0.4 is 10.1 Å². The molecule has 1 amide bonds. The zero-order valence-corrected chi connectivity index (χ0v) is 21.9. The quantitative estimate of drug-likeness (QED) is 0.207. The van der Waals surface area contributed by atoms with Gasteiger partial charge in [0, 0.05) is 22.7 Å². The molecule has 0 saturated heterocycles. The van der Waals surface area contributed by atoms with Gasteiger partial charge in [-0.3, -0.25) is 9.59 Å². The third-order valence-corrected chi connectivity index (χ3v) is 6.54. The molecule has 2 N–H and O–H groups in total. The lowest BCUT2D eigenvalue weighted by Gasteiger charge is -2.15. The summed E-state index contributed by atoms with van der Waals surface area (Å²) in [5, 5.41) is 11.9. The predicted octanol–water partition coefficient (Wildman–Crippen LogP) is 7.56. The Labute approximate surface area is 234 Å². The third-order valence-electron chi connectivity index (χ3n) is 6.21. The predicted molar refractivity (Wildman–Crippen MR) is 147 cm³/mol. The number of hydrogen-bond acceptors (Lipinski definition) is 3. The molecule has 0 heterocycles. The smallest absolute Gasteiger partial charge is 0.481 e. The molecule has 206 valence electrons. The van der Waals surface area contributed by atoms with Crippen LogP contribution in [-0.4, -0.2) is 29.9 Å². The summed E-state index contributed by atoms with van der Waals surface area (Å²) in [6, 6.07) is 26.2. The maximum Gasteiger partial charge on any atom is 0.573 e. The highest BCUT2D eigenvalue weighted by Crippen LogP contribution is 2.34. The SMILES string of the molecule is O=C(O)CCNC(=O)c1ccc(CCc2cc(-c3ccc(OC(F)(F)F)cc3)ccc2-c2ccccc2Cl)cc1. The Morgan fingerprint density at radius 1 is 0.825 bits per heavy atom. The number of aliphatic carboxylic acids is 1. The summed E-state index contributed by atoms with van der Waals surface area (Å²) < 4.78 is 41.6. The maximum absolute atomic E-state index is 12.5. The Balaban J connectivity index is 1.55. The van der Waals surface area contributed by atoms with Crippen molar-refractivity contribution in [2.75, 3.05) is 6.54 Å². The first-order valence-corrected chi connectivity index (χ1v) is 12.8. The Morgan fingerprint density at radius 3 is 2.15 bits per heavy atom. The van der Waals surface area contributed by atoms with Crippen LogP contribution in [0.5, 0.6) is 5.75 Å². The molecule has 5 nitrogen and oxygen atoms in total. The molecule has 0 radical (unpaired) electrons. The minimum absolute atomic E-state index is 0.0508. The van der Waals surface area contributed by atoms with E-state index in [1.54, 1.807) is 24.3 Å². The summed E-state index contributed by atoms with van der Waals surface area (Å²) in [5.41, 5.74) is 5.81. The standard InChI is InChI=1S/C31H25ClF3NO4/c32-28-4-2-1-3-27(28)26-16-13-23(21-11-14-25(15-12-21)40-31(33,34)35)19-24(26)10-7-20-5-8-22(9-6-20)30(39)36-18-17-29(37)38/h1-6,8-9,11-16,19H,7,10,17-18H2,(H,36,39)(H,37,38). The molecule has 0 bridgehead atoms. The molecule has 4 aromatic carbocycles. The minimum atomic E-state index is -4.76. The zero-order chi connectivity index (χ0) is 28.7. The highest BCUT2D eigenvalue weighted by Gasteiger charge is 2.31. The number of hydrogen-bond donors (Lipinski definition) is 2. The molecular weight excluding hydrogens is 543 g/mol. The number of carboxylic acid groups (broad SMARTS) is 1. The molecule has 0 aliphatic rings. The first-order valence-electron chi connectivity index (χ1n) is 12.4. The van der Waals surface area contributed by atoms with Crippen molar-refractivity contribution in [2.45, 2.75) is 25.6 Å². The molecular formula is C31H25ClF3NO4. The van der Waals surface area contributed by atoms with Crippen molar-refractivity contribution >= 4 is 23.5 Å². The van der Waals surface area contributed by atoms with E-state index in [4.69, 9.17) is 16.7 Å². The van der Waals surface area contributed by atoms with E-state index in [0.717, 1.165) is 33.4 Å². The maximum atomic E-state index is 12.5. The molecule has 4 rings (SSSR count). The van der Waals surface area contributed by atoms with Gasteiger partial charge < -0.3 is 15.2 Å². The van der Waals surface area contributed by atoms with Crippen LogP contribution >= 0.6 is 11.6 Å². The van der Waals surface area contributed by atoms with Crippen molar-refractivity contribution in [1.82, 2.24) is 5.32 Å². The average Bonchev–Trinajstić information content (AvgIpc) is 2.92. The molecule has 4 aromatic rings. The molecule has 0 saturated carbocycles. The highest BCUT2D eigenvalue weighted by molar-refractivity contribution is 6.33. The molecule has 0 aromatic heterocycles. The molecule has 0 aliphatic heterocycles. The summed E-state index contributed by atoms with van der Waals surface area (Å²) in [5.74, 6) is -1.61. The fraction of sp³-hybridized carbons (Fsp3) is 0.161. The molecule has 0 aliphatic carbocycles. The molecule has 0 unspecified atom stereocenters. The van der Waals surface area contributed by atoms with Gasteiger partial charge in [-0.05, 0) is 71.0 Å². The highest BCUT2D eigenvalue weighted by atomic mass is 35.5. The average molecular weight is 568 g/mol. The van der Waals surface area contributed by atoms with Gasteiger partial charge in [-0.25, -0.2) is 0 Å². The van der Waals surface area contributed by atoms with Gasteiger partial charge in [0.2, 0.25) is 0 Å². The van der Waals surface area contributed by atoms with Gasteiger partial charge in [0.25, 0.3) is 5.91 Å². The second-order valence-corrected chi connectivity index (χ2v) is 9.43. The topological polar surface area (TPSA) is 75.6 Å². The van der Waals surface area contributed by atoms with E-state index in [9.17, 15) is 22.8 Å². The minimum Gasteiger partial charge on any atom is -0.481 e. The number of carbonyl (C=O) groups excluding carboxylic acids is 1. The number of rotatable bonds is 10. The van der Waals surface area contributed by atoms with Crippen LogP contribution in [0.4, 0.5) is 13.2 Å². The number of alkyl halides is 3. The van der Waals surface area contributed by atoms with E-state index in [0.29, 0.717) is 23.4 Å². The number of aryl methyl sites for hydroxylation is 2. The molecule has 0 spiro atoms. The Bertz CT molecular complexity index is 1490. The van der Waals surface area contributed by atoms with E-state index in [2.05, 4.69) is 10.1 Å². The third kappa shape index (κ3) is 7.86. The zero-order valence-electron chi connectivity index (χ0n) is 21.2. The number of carboxylic acids is 1. The number of ether oxygens (including phenoxy) is 1. The molecule has 9 heteroatoms. The lowest BCUT2D eigenvalue weighted by molar-refractivity contribution is -0.274. The van der Waals surface area contributed by atoms with Crippen molar-refractivity contribution < 1.29 is 32.6 Å². The van der Waals surface area contributed by atoms with Crippen LogP contribution in [0.2, 0.25) is 5.02 Å². The molecule has 0 atom stereocenters. The summed E-state index contributed by atoms with van der Waals surface area (Å²) >= 11 is 6.50. The summed E-state index contributed by atoms with van der Waals surface area (Å²) in [6.07, 6.45) is -3.62. The Kier molecular flexibility index (Phi) is 9.11. The molecule has 0 fully saturated rings. The van der Waals surface area contributed by atoms with Crippen LogP contribution in [0, 0.1) is 0 Å². The monoisotopic (exact) mass is 567 g/mol. The fourth-order valence-electron chi connectivity index (χ4n) is 4.26. The van der Waals surface area contributed by atoms with E-state index >= 15 is 0 Å². The van der Waals surface area contributed by atoms with Crippen molar-refractivity contribution in [2.24, 2.45) is 0 Å². The molecule has 40 heavy (non-hydrogen) atoms. The normalized spacial score (nSPS) is 11.2. The number of halogens is 4. The summed E-state index contributed by atoms with van der Waals surface area (Å²) in [7, 11) is 0. The lowest BCUT2D eigenvalue weighted by atomic mass is 9.91. The van der Waals surface area contributed by atoms with Crippen LogP contribution in [0.25, 0.3) is 22.3 Å². The number of amides is 1. The Morgan fingerprint density at radius 2 is 1.50 bits per heavy atom. The number of carbonyl (C=O) groups is 2.